The molecule has 2 rings (SSSR count). The third kappa shape index (κ3) is 3.56. The van der Waals surface area contributed by atoms with Crippen LogP contribution in [-0.2, 0) is 10.0 Å². The fourth-order valence-electron chi connectivity index (χ4n) is 2.36. The molecule has 1 fully saturated rings. The molecule has 1 aromatic rings. The van der Waals surface area contributed by atoms with Crippen LogP contribution in [0.1, 0.15) is 42.5 Å². The summed E-state index contributed by atoms with van der Waals surface area (Å²) in [6, 6.07) is 1.69. The highest BCUT2D eigenvalue weighted by Crippen LogP contribution is 2.29. The van der Waals surface area contributed by atoms with Gasteiger partial charge >= 0.3 is 0 Å². The number of aliphatic hydroxyl groups is 1. The van der Waals surface area contributed by atoms with Gasteiger partial charge in [-0.1, -0.05) is 19.3 Å². The molecular weight excluding hydrogens is 282 g/mol. The molecule has 0 atom stereocenters. The second-order valence-electron chi connectivity index (χ2n) is 5.41. The van der Waals surface area contributed by atoms with E-state index in [0.717, 1.165) is 29.7 Å². The lowest BCUT2D eigenvalue weighted by Crippen LogP contribution is -2.44. The van der Waals surface area contributed by atoms with E-state index < -0.39 is 15.6 Å². The van der Waals surface area contributed by atoms with E-state index >= 15 is 0 Å². The molecule has 4 nitrogen and oxygen atoms in total. The van der Waals surface area contributed by atoms with Crippen molar-refractivity contribution in [1.29, 1.82) is 0 Å². The minimum absolute atomic E-state index is 0.116. The summed E-state index contributed by atoms with van der Waals surface area (Å²) in [5.74, 6) is 0. The van der Waals surface area contributed by atoms with E-state index in [1.807, 2.05) is 13.8 Å². The van der Waals surface area contributed by atoms with Crippen LogP contribution in [0.4, 0.5) is 0 Å². The maximum absolute atomic E-state index is 12.2. The standard InChI is InChI=1S/C13H21NO3S2/c1-10-8-12(18-11(10)2)19(16,17)14-9-13(15)6-4-3-5-7-13/h8,14-15H,3-7,9H2,1-2H3. The Labute approximate surface area is 118 Å². The first kappa shape index (κ1) is 15.0. The molecule has 0 saturated heterocycles. The zero-order valence-corrected chi connectivity index (χ0v) is 13.0. The molecular formula is C13H21NO3S2. The summed E-state index contributed by atoms with van der Waals surface area (Å²) in [5, 5.41) is 10.3. The van der Waals surface area contributed by atoms with Crippen LogP contribution in [0.25, 0.3) is 0 Å². The van der Waals surface area contributed by atoms with Gasteiger partial charge in [-0.25, -0.2) is 13.1 Å². The van der Waals surface area contributed by atoms with Gasteiger partial charge in [0.2, 0.25) is 10.0 Å². The van der Waals surface area contributed by atoms with Gasteiger partial charge in [-0.3, -0.25) is 0 Å². The molecule has 1 aliphatic rings. The maximum atomic E-state index is 12.2. The monoisotopic (exact) mass is 303 g/mol. The average Bonchev–Trinajstić information content (AvgIpc) is 2.69. The minimum Gasteiger partial charge on any atom is -0.389 e. The summed E-state index contributed by atoms with van der Waals surface area (Å²) in [6.07, 6.45) is 4.42. The van der Waals surface area contributed by atoms with Gasteiger partial charge in [-0.15, -0.1) is 11.3 Å². The summed E-state index contributed by atoms with van der Waals surface area (Å²) in [7, 11) is -3.49. The van der Waals surface area contributed by atoms with E-state index in [2.05, 4.69) is 4.72 Å². The van der Waals surface area contributed by atoms with Gasteiger partial charge in [0.25, 0.3) is 0 Å². The predicted octanol–water partition coefficient (Wildman–Crippen LogP) is 2.34. The molecule has 19 heavy (non-hydrogen) atoms. The highest BCUT2D eigenvalue weighted by Gasteiger charge is 2.31. The Hall–Kier alpha value is -0.430. The quantitative estimate of drug-likeness (QED) is 0.897. The summed E-state index contributed by atoms with van der Waals surface area (Å²) >= 11 is 1.27. The Kier molecular flexibility index (Phi) is 4.35. The van der Waals surface area contributed by atoms with E-state index in [0.29, 0.717) is 17.1 Å². The lowest BCUT2D eigenvalue weighted by molar-refractivity contribution is 0.00946. The van der Waals surface area contributed by atoms with E-state index in [-0.39, 0.29) is 6.54 Å². The van der Waals surface area contributed by atoms with E-state index in [1.54, 1.807) is 6.07 Å². The van der Waals surface area contributed by atoms with Crippen LogP contribution in [0.15, 0.2) is 10.3 Å². The number of rotatable bonds is 4. The molecule has 1 aliphatic carbocycles. The summed E-state index contributed by atoms with van der Waals surface area (Å²) < 4.78 is 27.2. The van der Waals surface area contributed by atoms with E-state index in [9.17, 15) is 13.5 Å². The fourth-order valence-corrected chi connectivity index (χ4v) is 5.04. The zero-order chi connectivity index (χ0) is 14.1. The average molecular weight is 303 g/mol. The molecule has 0 bridgehead atoms. The third-order valence-corrected chi connectivity index (χ3v) is 6.81. The van der Waals surface area contributed by atoms with Crippen molar-refractivity contribution in [1.82, 2.24) is 4.72 Å². The molecule has 1 heterocycles. The Bertz CT molecular complexity index is 523. The molecule has 6 heteroatoms. The van der Waals surface area contributed by atoms with E-state index in [1.165, 1.54) is 11.3 Å². The molecule has 1 aromatic heterocycles. The van der Waals surface area contributed by atoms with Crippen molar-refractivity contribution in [3.8, 4) is 0 Å². The lowest BCUT2D eigenvalue weighted by Gasteiger charge is -2.31. The maximum Gasteiger partial charge on any atom is 0.250 e. The number of aryl methyl sites for hydroxylation is 2. The zero-order valence-electron chi connectivity index (χ0n) is 11.4. The van der Waals surface area contributed by atoms with E-state index in [4.69, 9.17) is 0 Å². The van der Waals surface area contributed by atoms with Crippen molar-refractivity contribution < 1.29 is 13.5 Å². The number of nitrogens with one attached hydrogen (secondary N) is 1. The van der Waals surface area contributed by atoms with Crippen molar-refractivity contribution in [2.24, 2.45) is 0 Å². The van der Waals surface area contributed by atoms with Gasteiger partial charge in [0.1, 0.15) is 4.21 Å². The molecule has 108 valence electrons. The Morgan fingerprint density at radius 3 is 2.47 bits per heavy atom. The smallest absolute Gasteiger partial charge is 0.250 e. The van der Waals surface area contributed by atoms with Crippen LogP contribution in [0.3, 0.4) is 0 Å². The number of sulfonamides is 1. The van der Waals surface area contributed by atoms with Crippen LogP contribution in [0.5, 0.6) is 0 Å². The fraction of sp³-hybridized carbons (Fsp3) is 0.692. The predicted molar refractivity (Wildman–Crippen MR) is 77.0 cm³/mol. The Balaban J connectivity index is 2.05. The van der Waals surface area contributed by atoms with Gasteiger partial charge in [0.05, 0.1) is 5.60 Å². The third-order valence-electron chi connectivity index (χ3n) is 3.78. The van der Waals surface area contributed by atoms with Gasteiger partial charge in [-0.05, 0) is 38.3 Å². The van der Waals surface area contributed by atoms with Crippen LogP contribution < -0.4 is 4.72 Å². The Morgan fingerprint density at radius 1 is 1.32 bits per heavy atom. The first-order valence-corrected chi connectivity index (χ1v) is 8.91. The molecule has 0 radical (unpaired) electrons. The number of hydrogen-bond donors (Lipinski definition) is 2. The molecule has 0 spiro atoms. The Morgan fingerprint density at radius 2 is 1.95 bits per heavy atom. The van der Waals surface area contributed by atoms with Gasteiger partial charge in [-0.2, -0.15) is 0 Å². The van der Waals surface area contributed by atoms with Crippen LogP contribution >= 0.6 is 11.3 Å². The van der Waals surface area contributed by atoms with Crippen LogP contribution in [-0.4, -0.2) is 25.7 Å². The summed E-state index contributed by atoms with van der Waals surface area (Å²) in [4.78, 5) is 1.01. The van der Waals surface area contributed by atoms with Crippen molar-refractivity contribution in [2.75, 3.05) is 6.54 Å². The number of hydrogen-bond acceptors (Lipinski definition) is 4. The lowest BCUT2D eigenvalue weighted by atomic mass is 9.85. The van der Waals surface area contributed by atoms with Crippen molar-refractivity contribution >= 4 is 21.4 Å². The van der Waals surface area contributed by atoms with Gasteiger partial charge < -0.3 is 5.11 Å². The first-order chi connectivity index (χ1) is 8.82. The molecule has 1 saturated carbocycles. The molecule has 0 amide bonds. The van der Waals surface area contributed by atoms with Crippen molar-refractivity contribution in [3.63, 3.8) is 0 Å². The van der Waals surface area contributed by atoms with Crippen molar-refractivity contribution in [3.05, 3.63) is 16.5 Å². The second-order valence-corrected chi connectivity index (χ2v) is 8.66. The van der Waals surface area contributed by atoms with Gasteiger partial charge in [0, 0.05) is 11.4 Å². The highest BCUT2D eigenvalue weighted by atomic mass is 32.2. The van der Waals surface area contributed by atoms with Gasteiger partial charge in [0.15, 0.2) is 0 Å². The summed E-state index contributed by atoms with van der Waals surface area (Å²) in [5.41, 5.74) is 0.119. The minimum atomic E-state index is -3.49. The molecule has 0 unspecified atom stereocenters. The van der Waals surface area contributed by atoms with Crippen LogP contribution in [0.2, 0.25) is 0 Å². The normalized spacial score (nSPS) is 19.5. The largest absolute Gasteiger partial charge is 0.389 e. The first-order valence-electron chi connectivity index (χ1n) is 6.62. The summed E-state index contributed by atoms with van der Waals surface area (Å²) in [6.45, 7) is 3.93. The highest BCUT2D eigenvalue weighted by molar-refractivity contribution is 7.91. The molecule has 0 aromatic carbocycles. The molecule has 0 aliphatic heterocycles. The SMILES string of the molecule is Cc1cc(S(=O)(=O)NCC2(O)CCCCC2)sc1C. The topological polar surface area (TPSA) is 66.4 Å². The van der Waals surface area contributed by atoms with Crippen molar-refractivity contribution in [2.45, 2.75) is 55.8 Å². The second kappa shape index (κ2) is 5.52. The number of thiophene rings is 1. The van der Waals surface area contributed by atoms with Crippen LogP contribution in [0, 0.1) is 13.8 Å². The molecule has 2 N–H and O–H groups in total.